The highest BCUT2D eigenvalue weighted by atomic mass is 32.1. The summed E-state index contributed by atoms with van der Waals surface area (Å²) in [5, 5.41) is 5.06. The van der Waals surface area contributed by atoms with Crippen LogP contribution in [0.4, 0.5) is 0 Å². The summed E-state index contributed by atoms with van der Waals surface area (Å²) in [6.07, 6.45) is 1.69. The van der Waals surface area contributed by atoms with Gasteiger partial charge in [0, 0.05) is 4.20 Å². The van der Waals surface area contributed by atoms with Gasteiger partial charge in [0.05, 0.1) is 6.61 Å². The van der Waals surface area contributed by atoms with Crippen molar-refractivity contribution in [3.05, 3.63) is 78.9 Å². The molecule has 0 aliphatic rings. The summed E-state index contributed by atoms with van der Waals surface area (Å²) in [7, 11) is 0. The van der Waals surface area contributed by atoms with Crippen LogP contribution in [0.3, 0.4) is 0 Å². The smallest absolute Gasteiger partial charge is 0.119 e. The van der Waals surface area contributed by atoms with Crippen molar-refractivity contribution >= 4 is 50.6 Å². The topological polar surface area (TPSA) is 9.23 Å². The van der Waals surface area contributed by atoms with Crippen LogP contribution in [0.25, 0.3) is 32.7 Å². The Morgan fingerprint density at radius 1 is 0.815 bits per heavy atom. The van der Waals surface area contributed by atoms with Crippen LogP contribution in [-0.4, -0.2) is 10.8 Å². The van der Waals surface area contributed by atoms with E-state index in [1.165, 1.54) is 32.7 Å². The molecule has 0 atom stereocenters. The lowest BCUT2D eigenvalue weighted by molar-refractivity contribution is 0.314. The molecule has 0 heterocycles. The number of fused-ring (bicyclic) bond motifs is 2. The van der Waals surface area contributed by atoms with Gasteiger partial charge in [-0.1, -0.05) is 72.9 Å². The first-order valence-electron chi connectivity index (χ1n) is 9.08. The molecular weight excluding hydrogens is 368 g/mol. The highest BCUT2D eigenvalue weighted by Crippen LogP contribution is 2.36. The average Bonchev–Trinajstić information content (AvgIpc) is 2.70. The predicted octanol–water partition coefficient (Wildman–Crippen LogP) is 7.08. The fourth-order valence-electron chi connectivity index (χ4n) is 3.46. The number of thiol groups is 1. The van der Waals surface area contributed by atoms with Crippen molar-refractivity contribution in [1.82, 2.24) is 0 Å². The molecule has 0 saturated carbocycles. The fraction of sp³-hybridized carbons (Fsp3) is 0.125. The monoisotopic (exact) mass is 388 g/mol. The van der Waals surface area contributed by atoms with Gasteiger partial charge in [-0.2, -0.15) is 0 Å². The Morgan fingerprint density at radius 3 is 2.00 bits per heavy atom. The summed E-state index contributed by atoms with van der Waals surface area (Å²) in [6, 6.07) is 27.8. The number of benzene rings is 4. The Balaban J connectivity index is 1.70. The van der Waals surface area contributed by atoms with Gasteiger partial charge in [-0.15, -0.1) is 12.6 Å². The second-order valence-corrected chi connectivity index (χ2v) is 7.90. The zero-order chi connectivity index (χ0) is 18.6. The number of ether oxygens (including phenoxy) is 1. The van der Waals surface area contributed by atoms with E-state index >= 15 is 0 Å². The van der Waals surface area contributed by atoms with E-state index < -0.39 is 0 Å². The lowest BCUT2D eigenvalue weighted by atomic mass is 9.92. The first kappa shape index (κ1) is 18.0. The summed E-state index contributed by atoms with van der Waals surface area (Å²) >= 11 is 9.13. The van der Waals surface area contributed by atoms with E-state index in [1.807, 2.05) is 12.1 Å². The fourth-order valence-corrected chi connectivity index (χ4v) is 3.76. The van der Waals surface area contributed by atoms with E-state index in [0.717, 1.165) is 22.8 Å². The van der Waals surface area contributed by atoms with Crippen molar-refractivity contribution in [2.45, 2.75) is 12.8 Å². The van der Waals surface area contributed by atoms with Crippen LogP contribution in [0.15, 0.2) is 78.9 Å². The largest absolute Gasteiger partial charge is 0.494 e. The number of rotatable bonds is 6. The normalized spacial score (nSPS) is 11.0. The zero-order valence-corrected chi connectivity index (χ0v) is 16.6. The van der Waals surface area contributed by atoms with Crippen molar-refractivity contribution in [2.75, 3.05) is 6.61 Å². The quantitative estimate of drug-likeness (QED) is 0.164. The highest BCUT2D eigenvalue weighted by molar-refractivity contribution is 8.11. The van der Waals surface area contributed by atoms with Gasteiger partial charge in [-0.25, -0.2) is 0 Å². The SMILES string of the molecule is S=C(S)CCCOc1ccc(-c2c3ccccc3cc3ccccc23)cc1. The Morgan fingerprint density at radius 2 is 1.41 bits per heavy atom. The van der Waals surface area contributed by atoms with Crippen LogP contribution in [0.1, 0.15) is 12.8 Å². The Bertz CT molecular complexity index is 1050. The van der Waals surface area contributed by atoms with E-state index in [0.29, 0.717) is 6.61 Å². The number of hydrogen-bond donors (Lipinski definition) is 1. The Kier molecular flexibility index (Phi) is 5.42. The number of hydrogen-bond acceptors (Lipinski definition) is 2. The molecule has 0 unspecified atom stereocenters. The molecule has 27 heavy (non-hydrogen) atoms. The highest BCUT2D eigenvalue weighted by Gasteiger charge is 2.09. The molecule has 0 N–H and O–H groups in total. The van der Waals surface area contributed by atoms with Crippen molar-refractivity contribution in [1.29, 1.82) is 0 Å². The molecule has 134 valence electrons. The van der Waals surface area contributed by atoms with Crippen molar-refractivity contribution < 1.29 is 4.74 Å². The summed E-state index contributed by atoms with van der Waals surface area (Å²) < 4.78 is 6.56. The molecule has 0 radical (unpaired) electrons. The molecule has 0 aliphatic heterocycles. The summed E-state index contributed by atoms with van der Waals surface area (Å²) in [5.74, 6) is 0.883. The van der Waals surface area contributed by atoms with Crippen LogP contribution in [0.2, 0.25) is 0 Å². The molecule has 4 aromatic rings. The minimum Gasteiger partial charge on any atom is -0.494 e. The van der Waals surface area contributed by atoms with E-state index in [9.17, 15) is 0 Å². The van der Waals surface area contributed by atoms with Gasteiger partial charge >= 0.3 is 0 Å². The third-order valence-electron chi connectivity index (χ3n) is 4.72. The molecule has 0 fully saturated rings. The minimum atomic E-state index is 0.650. The van der Waals surface area contributed by atoms with Gasteiger partial charge in [0.25, 0.3) is 0 Å². The summed E-state index contributed by atoms with van der Waals surface area (Å²) in [5.41, 5.74) is 2.47. The molecule has 4 rings (SSSR count). The van der Waals surface area contributed by atoms with Crippen LogP contribution in [0, 0.1) is 0 Å². The lowest BCUT2D eigenvalue weighted by Crippen LogP contribution is -1.98. The van der Waals surface area contributed by atoms with E-state index in [-0.39, 0.29) is 0 Å². The van der Waals surface area contributed by atoms with Crippen molar-refractivity contribution in [2.24, 2.45) is 0 Å². The molecule has 3 heteroatoms. The first-order chi connectivity index (χ1) is 13.2. The lowest BCUT2D eigenvalue weighted by Gasteiger charge is -2.13. The molecular formula is C24H20OS2. The molecule has 0 aromatic heterocycles. The van der Waals surface area contributed by atoms with Gasteiger partial charge in [0.1, 0.15) is 5.75 Å². The summed E-state index contributed by atoms with van der Waals surface area (Å²) in [6.45, 7) is 0.650. The molecule has 0 saturated heterocycles. The second kappa shape index (κ2) is 8.12. The van der Waals surface area contributed by atoms with Crippen LogP contribution in [0.5, 0.6) is 5.75 Å². The molecule has 1 nitrogen and oxygen atoms in total. The maximum Gasteiger partial charge on any atom is 0.119 e. The Hall–Kier alpha value is -2.36. The van der Waals surface area contributed by atoms with Gasteiger partial charge in [0.15, 0.2) is 0 Å². The van der Waals surface area contributed by atoms with Crippen molar-refractivity contribution in [3.8, 4) is 16.9 Å². The predicted molar refractivity (Wildman–Crippen MR) is 123 cm³/mol. The average molecular weight is 389 g/mol. The molecule has 0 aliphatic carbocycles. The maximum atomic E-state index is 5.83. The molecule has 0 spiro atoms. The third kappa shape index (κ3) is 4.00. The number of thiocarbonyl (C=S) groups is 1. The van der Waals surface area contributed by atoms with E-state index in [2.05, 4.69) is 79.4 Å². The van der Waals surface area contributed by atoms with E-state index in [1.54, 1.807) is 0 Å². The maximum absolute atomic E-state index is 5.83. The van der Waals surface area contributed by atoms with Crippen molar-refractivity contribution in [3.63, 3.8) is 0 Å². The van der Waals surface area contributed by atoms with Crippen LogP contribution < -0.4 is 4.74 Å². The second-order valence-electron chi connectivity index (χ2n) is 6.56. The summed E-state index contributed by atoms with van der Waals surface area (Å²) in [4.78, 5) is 0. The van der Waals surface area contributed by atoms with Crippen LogP contribution >= 0.6 is 24.8 Å². The molecule has 0 bridgehead atoms. The standard InChI is InChI=1S/C24H20OS2/c26-23(27)10-5-15-25-20-13-11-17(12-14-20)24-21-8-3-1-6-18(21)16-19-7-2-4-9-22(19)24/h1-4,6-9,11-14,16H,5,10,15H2,(H,26,27). The minimum absolute atomic E-state index is 0.650. The van der Waals surface area contributed by atoms with Gasteiger partial charge in [-0.05, 0) is 63.7 Å². The van der Waals surface area contributed by atoms with Gasteiger partial charge < -0.3 is 4.74 Å². The molecule has 0 amide bonds. The van der Waals surface area contributed by atoms with Gasteiger partial charge in [0.2, 0.25) is 0 Å². The van der Waals surface area contributed by atoms with Crippen LogP contribution in [-0.2, 0) is 0 Å². The van der Waals surface area contributed by atoms with E-state index in [4.69, 9.17) is 17.0 Å². The molecule has 4 aromatic carbocycles. The van der Waals surface area contributed by atoms with Gasteiger partial charge in [-0.3, -0.25) is 0 Å². The first-order valence-corrected chi connectivity index (χ1v) is 9.93. The zero-order valence-electron chi connectivity index (χ0n) is 14.9. The third-order valence-corrected chi connectivity index (χ3v) is 5.15. The Labute approximate surface area is 170 Å².